The second-order valence-electron chi connectivity index (χ2n) is 8.25. The van der Waals surface area contributed by atoms with Crippen LogP contribution in [0.5, 0.6) is 5.75 Å². The first-order chi connectivity index (χ1) is 12.5. The largest absolute Gasteiger partial charge is 0.490 e. The molecule has 2 aliphatic heterocycles. The van der Waals surface area contributed by atoms with Gasteiger partial charge in [0.1, 0.15) is 11.9 Å². The molecule has 4 nitrogen and oxygen atoms in total. The Labute approximate surface area is 170 Å². The van der Waals surface area contributed by atoms with Crippen molar-refractivity contribution in [1.29, 1.82) is 0 Å². The summed E-state index contributed by atoms with van der Waals surface area (Å²) in [5, 5.41) is 3.46. The number of nitrogens with zero attached hydrogens (tertiary/aromatic N) is 1. The van der Waals surface area contributed by atoms with Gasteiger partial charge in [0.2, 0.25) is 5.91 Å². The summed E-state index contributed by atoms with van der Waals surface area (Å²) in [6.45, 7) is 10.3. The third kappa shape index (κ3) is 6.11. The summed E-state index contributed by atoms with van der Waals surface area (Å²) in [6, 6.07) is 6.35. The number of carbonyl (C=O) groups excluding carboxylic acids is 1. The second-order valence-corrected chi connectivity index (χ2v) is 8.25. The van der Waals surface area contributed by atoms with E-state index in [-0.39, 0.29) is 18.5 Å². The minimum Gasteiger partial charge on any atom is -0.490 e. The molecular formula is C22H35ClN2O2. The molecule has 1 aromatic carbocycles. The second kappa shape index (κ2) is 10.3. The number of benzene rings is 1. The average Bonchev–Trinajstić information content (AvgIpc) is 2.66. The Bertz CT molecular complexity index is 608. The zero-order chi connectivity index (χ0) is 18.5. The van der Waals surface area contributed by atoms with Crippen LogP contribution in [0.25, 0.3) is 0 Å². The van der Waals surface area contributed by atoms with Gasteiger partial charge < -0.3 is 15.0 Å². The Morgan fingerprint density at radius 2 is 2.00 bits per heavy atom. The SMILES string of the molecule is Cc1ccc(C)c(OC2CCN(C(=O)CC(C)C3CCCNC3)CC2)c1.Cl. The van der Waals surface area contributed by atoms with E-state index < -0.39 is 0 Å². The molecule has 2 fully saturated rings. The van der Waals surface area contributed by atoms with Crippen molar-refractivity contribution in [3.8, 4) is 5.75 Å². The Kier molecular flexibility index (Phi) is 8.43. The molecule has 0 aromatic heterocycles. The molecule has 1 N–H and O–H groups in total. The third-order valence-corrected chi connectivity index (χ3v) is 6.07. The number of piperidine rings is 2. The Hall–Kier alpha value is -1.26. The maximum Gasteiger partial charge on any atom is 0.222 e. The summed E-state index contributed by atoms with van der Waals surface area (Å²) in [4.78, 5) is 14.7. The van der Waals surface area contributed by atoms with Crippen molar-refractivity contribution in [3.05, 3.63) is 29.3 Å². The maximum atomic E-state index is 12.7. The number of nitrogens with one attached hydrogen (secondary N) is 1. The van der Waals surface area contributed by atoms with Gasteiger partial charge in [-0.05, 0) is 68.8 Å². The normalized spacial score (nSPS) is 22.0. The minimum absolute atomic E-state index is 0. The van der Waals surface area contributed by atoms with Crippen molar-refractivity contribution in [2.75, 3.05) is 26.2 Å². The van der Waals surface area contributed by atoms with Gasteiger partial charge in [0.15, 0.2) is 0 Å². The van der Waals surface area contributed by atoms with E-state index in [9.17, 15) is 4.79 Å². The predicted octanol–water partition coefficient (Wildman–Crippen LogP) is 4.12. The van der Waals surface area contributed by atoms with Crippen LogP contribution in [0.4, 0.5) is 0 Å². The monoisotopic (exact) mass is 394 g/mol. The molecule has 2 atom stereocenters. The minimum atomic E-state index is 0. The van der Waals surface area contributed by atoms with Gasteiger partial charge in [-0.1, -0.05) is 19.1 Å². The number of amides is 1. The molecule has 0 spiro atoms. The fourth-order valence-electron chi connectivity index (χ4n) is 4.17. The Morgan fingerprint density at radius 1 is 1.26 bits per heavy atom. The van der Waals surface area contributed by atoms with Crippen LogP contribution in [0.3, 0.4) is 0 Å². The molecule has 0 saturated carbocycles. The predicted molar refractivity (Wildman–Crippen MR) is 113 cm³/mol. The highest BCUT2D eigenvalue weighted by Gasteiger charge is 2.27. The summed E-state index contributed by atoms with van der Waals surface area (Å²) < 4.78 is 6.23. The molecule has 0 bridgehead atoms. The third-order valence-electron chi connectivity index (χ3n) is 6.07. The molecule has 5 heteroatoms. The molecule has 152 valence electrons. The summed E-state index contributed by atoms with van der Waals surface area (Å²) in [5.74, 6) is 2.44. The fraction of sp³-hybridized carbons (Fsp3) is 0.682. The van der Waals surface area contributed by atoms with Gasteiger partial charge in [-0.15, -0.1) is 12.4 Å². The molecule has 27 heavy (non-hydrogen) atoms. The first kappa shape index (κ1) is 22.0. The molecule has 3 rings (SSSR count). The van der Waals surface area contributed by atoms with Crippen molar-refractivity contribution in [1.82, 2.24) is 10.2 Å². The highest BCUT2D eigenvalue weighted by molar-refractivity contribution is 5.85. The summed E-state index contributed by atoms with van der Waals surface area (Å²) in [5.41, 5.74) is 2.41. The van der Waals surface area contributed by atoms with E-state index in [0.717, 1.165) is 44.8 Å². The van der Waals surface area contributed by atoms with Crippen LogP contribution in [0.15, 0.2) is 18.2 Å². The van der Waals surface area contributed by atoms with Crippen molar-refractivity contribution < 1.29 is 9.53 Å². The summed E-state index contributed by atoms with van der Waals surface area (Å²) in [6.07, 6.45) is 5.27. The van der Waals surface area contributed by atoms with Gasteiger partial charge in [-0.25, -0.2) is 0 Å². The van der Waals surface area contributed by atoms with Gasteiger partial charge >= 0.3 is 0 Å². The number of halogens is 1. The van der Waals surface area contributed by atoms with E-state index in [1.54, 1.807) is 0 Å². The van der Waals surface area contributed by atoms with Crippen LogP contribution in [0, 0.1) is 25.7 Å². The molecule has 2 unspecified atom stereocenters. The lowest BCUT2D eigenvalue weighted by molar-refractivity contribution is -0.134. The highest BCUT2D eigenvalue weighted by Crippen LogP contribution is 2.26. The fourth-order valence-corrected chi connectivity index (χ4v) is 4.17. The van der Waals surface area contributed by atoms with Crippen LogP contribution in [-0.4, -0.2) is 43.1 Å². The number of ether oxygens (including phenoxy) is 1. The van der Waals surface area contributed by atoms with E-state index in [2.05, 4.69) is 49.2 Å². The lowest BCUT2D eigenvalue weighted by Gasteiger charge is -2.34. The van der Waals surface area contributed by atoms with E-state index in [1.165, 1.54) is 24.0 Å². The first-order valence-corrected chi connectivity index (χ1v) is 10.3. The van der Waals surface area contributed by atoms with E-state index in [4.69, 9.17) is 4.74 Å². The number of hydrogen-bond donors (Lipinski definition) is 1. The molecule has 2 saturated heterocycles. The molecule has 0 radical (unpaired) electrons. The van der Waals surface area contributed by atoms with Crippen LogP contribution in [0.1, 0.15) is 50.2 Å². The molecule has 0 aliphatic carbocycles. The van der Waals surface area contributed by atoms with E-state index in [1.807, 2.05) is 0 Å². The van der Waals surface area contributed by atoms with E-state index >= 15 is 0 Å². The number of rotatable bonds is 5. The van der Waals surface area contributed by atoms with Crippen LogP contribution < -0.4 is 10.1 Å². The zero-order valence-corrected chi connectivity index (χ0v) is 17.8. The smallest absolute Gasteiger partial charge is 0.222 e. The Balaban J connectivity index is 0.00000261. The van der Waals surface area contributed by atoms with Gasteiger partial charge in [-0.2, -0.15) is 0 Å². The van der Waals surface area contributed by atoms with Gasteiger partial charge in [0.25, 0.3) is 0 Å². The van der Waals surface area contributed by atoms with Gasteiger partial charge in [0, 0.05) is 32.4 Å². The van der Waals surface area contributed by atoms with Crippen molar-refractivity contribution in [2.45, 2.75) is 59.0 Å². The number of likely N-dealkylation sites (tertiary alicyclic amines) is 1. The van der Waals surface area contributed by atoms with Gasteiger partial charge in [0.05, 0.1) is 0 Å². The van der Waals surface area contributed by atoms with Crippen LogP contribution >= 0.6 is 12.4 Å². The maximum absolute atomic E-state index is 12.7. The topological polar surface area (TPSA) is 41.6 Å². The van der Waals surface area contributed by atoms with Gasteiger partial charge in [-0.3, -0.25) is 4.79 Å². The lowest BCUT2D eigenvalue weighted by Crippen LogP contribution is -2.43. The first-order valence-electron chi connectivity index (χ1n) is 10.3. The average molecular weight is 395 g/mol. The van der Waals surface area contributed by atoms with Crippen LogP contribution in [0.2, 0.25) is 0 Å². The number of aryl methyl sites for hydroxylation is 2. The quantitative estimate of drug-likeness (QED) is 0.816. The zero-order valence-electron chi connectivity index (χ0n) is 17.0. The Morgan fingerprint density at radius 3 is 2.67 bits per heavy atom. The summed E-state index contributed by atoms with van der Waals surface area (Å²) in [7, 11) is 0. The number of hydrogen-bond acceptors (Lipinski definition) is 3. The number of carbonyl (C=O) groups is 1. The van der Waals surface area contributed by atoms with Crippen molar-refractivity contribution in [2.24, 2.45) is 11.8 Å². The standard InChI is InChI=1S/C22H34N2O2.ClH/c1-16-6-7-17(2)21(13-16)26-20-8-11-24(12-9-20)22(25)14-18(3)19-5-4-10-23-15-19;/h6-7,13,18-20,23H,4-5,8-12,14-15H2,1-3H3;1H. The molecular weight excluding hydrogens is 360 g/mol. The summed E-state index contributed by atoms with van der Waals surface area (Å²) >= 11 is 0. The van der Waals surface area contributed by atoms with Crippen molar-refractivity contribution >= 4 is 18.3 Å². The van der Waals surface area contributed by atoms with E-state index in [0.29, 0.717) is 24.2 Å². The molecule has 1 amide bonds. The molecule has 1 aromatic rings. The van der Waals surface area contributed by atoms with Crippen LogP contribution in [-0.2, 0) is 4.79 Å². The van der Waals surface area contributed by atoms with Crippen molar-refractivity contribution in [3.63, 3.8) is 0 Å². The highest BCUT2D eigenvalue weighted by atomic mass is 35.5. The molecule has 2 heterocycles. The molecule has 2 aliphatic rings. The lowest BCUT2D eigenvalue weighted by atomic mass is 9.85.